The molecular weight excluding hydrogens is 532 g/mol. The summed E-state index contributed by atoms with van der Waals surface area (Å²) in [5, 5.41) is 3.55. The van der Waals surface area contributed by atoms with E-state index in [0.29, 0.717) is 49.3 Å². The van der Waals surface area contributed by atoms with Crippen molar-refractivity contribution in [2.45, 2.75) is 71.0 Å². The van der Waals surface area contributed by atoms with Gasteiger partial charge in [-0.2, -0.15) is 0 Å². The standard InChI is InChI=1S/C33H50N4O5/c1-24(2)36(32(39)25-10-13-29(41-6)30(18-25)42-17-9-16-40-5)22-26-20-34-21-27(26)23-37(28-11-12-28)31(38)19-33(3,4)35-14-7-8-15-35/h7-8,10,13-15,18,24,26-28,34H,9,11-12,16-17,19-23H2,1-6H3/t26-,27-/m0/s1. The first-order valence-electron chi connectivity index (χ1n) is 15.4. The number of benzene rings is 1. The summed E-state index contributed by atoms with van der Waals surface area (Å²) in [6, 6.07) is 9.76. The summed E-state index contributed by atoms with van der Waals surface area (Å²) in [4.78, 5) is 31.6. The summed E-state index contributed by atoms with van der Waals surface area (Å²) < 4.78 is 18.7. The van der Waals surface area contributed by atoms with E-state index in [1.54, 1.807) is 26.4 Å². The second-order valence-corrected chi connectivity index (χ2v) is 12.6. The van der Waals surface area contributed by atoms with Crippen LogP contribution in [0.3, 0.4) is 0 Å². The maximum atomic E-state index is 13.8. The fourth-order valence-electron chi connectivity index (χ4n) is 5.86. The Kier molecular flexibility index (Phi) is 11.0. The summed E-state index contributed by atoms with van der Waals surface area (Å²) in [6.45, 7) is 12.5. The molecule has 9 nitrogen and oxygen atoms in total. The van der Waals surface area contributed by atoms with E-state index in [2.05, 4.69) is 42.5 Å². The van der Waals surface area contributed by atoms with Crippen LogP contribution in [0.2, 0.25) is 0 Å². The van der Waals surface area contributed by atoms with Gasteiger partial charge in [0.2, 0.25) is 5.91 Å². The van der Waals surface area contributed by atoms with Crippen LogP contribution in [-0.4, -0.2) is 91.9 Å². The lowest BCUT2D eigenvalue weighted by atomic mass is 9.93. The molecule has 0 bridgehead atoms. The van der Waals surface area contributed by atoms with Crippen LogP contribution in [-0.2, 0) is 15.1 Å². The van der Waals surface area contributed by atoms with Crippen molar-refractivity contribution < 1.29 is 23.8 Å². The molecule has 1 saturated carbocycles. The highest BCUT2D eigenvalue weighted by Gasteiger charge is 2.40. The number of hydrogen-bond acceptors (Lipinski definition) is 6. The number of nitrogens with zero attached hydrogens (tertiary/aromatic N) is 3. The molecule has 4 rings (SSSR count). The van der Waals surface area contributed by atoms with E-state index in [-0.39, 0.29) is 35.2 Å². The molecule has 2 heterocycles. The molecule has 2 aliphatic rings. The summed E-state index contributed by atoms with van der Waals surface area (Å²) in [7, 11) is 3.27. The van der Waals surface area contributed by atoms with Gasteiger partial charge in [-0.05, 0) is 82.7 Å². The predicted molar refractivity (Wildman–Crippen MR) is 164 cm³/mol. The van der Waals surface area contributed by atoms with E-state index < -0.39 is 0 Å². The normalized spacial score (nSPS) is 18.7. The third-order valence-corrected chi connectivity index (χ3v) is 8.58. The second kappa shape index (κ2) is 14.4. The Bertz CT molecular complexity index is 1160. The fraction of sp³-hybridized carbons (Fsp3) is 0.636. The van der Waals surface area contributed by atoms with Gasteiger partial charge < -0.3 is 33.9 Å². The molecule has 1 aliphatic carbocycles. The Labute approximate surface area is 251 Å². The Morgan fingerprint density at radius 1 is 1.02 bits per heavy atom. The third kappa shape index (κ3) is 8.07. The van der Waals surface area contributed by atoms with Gasteiger partial charge in [0.1, 0.15) is 0 Å². The van der Waals surface area contributed by atoms with Crippen LogP contribution in [0.25, 0.3) is 0 Å². The molecule has 0 unspecified atom stereocenters. The van der Waals surface area contributed by atoms with Gasteiger partial charge in [0, 0.05) is 88.3 Å². The molecule has 0 spiro atoms. The molecular formula is C33H50N4O5. The zero-order valence-corrected chi connectivity index (χ0v) is 26.3. The summed E-state index contributed by atoms with van der Waals surface area (Å²) in [6.07, 6.45) is 7.42. The molecule has 2 fully saturated rings. The lowest BCUT2D eigenvalue weighted by Gasteiger charge is -2.35. The molecule has 2 atom stereocenters. The lowest BCUT2D eigenvalue weighted by molar-refractivity contribution is -0.134. The van der Waals surface area contributed by atoms with Crippen LogP contribution in [0.5, 0.6) is 11.5 Å². The average Bonchev–Trinajstić information content (AvgIpc) is 3.43. The lowest BCUT2D eigenvalue weighted by Crippen LogP contribution is -2.46. The minimum atomic E-state index is -0.285. The fourth-order valence-corrected chi connectivity index (χ4v) is 5.86. The van der Waals surface area contributed by atoms with Crippen LogP contribution in [0.4, 0.5) is 0 Å². The zero-order chi connectivity index (χ0) is 30.3. The predicted octanol–water partition coefficient (Wildman–Crippen LogP) is 4.41. The minimum Gasteiger partial charge on any atom is -0.493 e. The maximum absolute atomic E-state index is 13.8. The van der Waals surface area contributed by atoms with Gasteiger partial charge in [-0.3, -0.25) is 9.59 Å². The molecule has 2 amide bonds. The van der Waals surface area contributed by atoms with Crippen molar-refractivity contribution in [3.63, 3.8) is 0 Å². The van der Waals surface area contributed by atoms with Crippen molar-refractivity contribution in [3.8, 4) is 11.5 Å². The number of rotatable bonds is 16. The summed E-state index contributed by atoms with van der Waals surface area (Å²) >= 11 is 0. The van der Waals surface area contributed by atoms with E-state index in [0.717, 1.165) is 38.9 Å². The van der Waals surface area contributed by atoms with E-state index in [1.165, 1.54) is 0 Å². The molecule has 1 saturated heterocycles. The number of methoxy groups -OCH3 is 2. The molecule has 2 aromatic rings. The summed E-state index contributed by atoms with van der Waals surface area (Å²) in [5.74, 6) is 1.90. The van der Waals surface area contributed by atoms with Gasteiger partial charge in [-0.1, -0.05) is 0 Å². The van der Waals surface area contributed by atoms with E-state index in [1.807, 2.05) is 35.5 Å². The van der Waals surface area contributed by atoms with Gasteiger partial charge in [-0.25, -0.2) is 0 Å². The average molecular weight is 583 g/mol. The van der Waals surface area contributed by atoms with Gasteiger partial charge in [0.05, 0.1) is 13.7 Å². The molecule has 9 heteroatoms. The quantitative estimate of drug-likeness (QED) is 0.295. The van der Waals surface area contributed by atoms with E-state index >= 15 is 0 Å². The number of hydrogen-bond donors (Lipinski definition) is 1. The van der Waals surface area contributed by atoms with Crippen molar-refractivity contribution in [2.75, 3.05) is 53.6 Å². The molecule has 0 radical (unpaired) electrons. The monoisotopic (exact) mass is 582 g/mol. The molecule has 1 aromatic heterocycles. The Morgan fingerprint density at radius 2 is 1.71 bits per heavy atom. The second-order valence-electron chi connectivity index (χ2n) is 12.6. The number of aromatic nitrogens is 1. The highest BCUT2D eigenvalue weighted by atomic mass is 16.5. The Hall–Kier alpha value is -3.04. The molecule has 232 valence electrons. The van der Waals surface area contributed by atoms with Crippen LogP contribution in [0.15, 0.2) is 42.7 Å². The largest absolute Gasteiger partial charge is 0.493 e. The smallest absolute Gasteiger partial charge is 0.254 e. The van der Waals surface area contributed by atoms with Gasteiger partial charge >= 0.3 is 0 Å². The molecule has 1 aromatic carbocycles. The first-order chi connectivity index (χ1) is 20.1. The summed E-state index contributed by atoms with van der Waals surface area (Å²) in [5.41, 5.74) is 0.294. The number of amides is 2. The number of carbonyl (C=O) groups is 2. The molecule has 1 aliphatic heterocycles. The first kappa shape index (κ1) is 31.9. The van der Waals surface area contributed by atoms with Crippen molar-refractivity contribution in [2.24, 2.45) is 11.8 Å². The SMILES string of the molecule is COCCCOc1cc(C(=O)N(C[C@@H]2CNC[C@H]2CN(C(=O)CC(C)(C)n2cccc2)C2CC2)C(C)C)ccc1OC. The van der Waals surface area contributed by atoms with Crippen LogP contribution in [0.1, 0.15) is 63.7 Å². The van der Waals surface area contributed by atoms with Crippen molar-refractivity contribution in [1.82, 2.24) is 19.7 Å². The van der Waals surface area contributed by atoms with Crippen molar-refractivity contribution in [1.29, 1.82) is 0 Å². The number of carbonyl (C=O) groups excluding carboxylic acids is 2. The van der Waals surface area contributed by atoms with Crippen LogP contribution < -0.4 is 14.8 Å². The van der Waals surface area contributed by atoms with Gasteiger partial charge in [0.15, 0.2) is 11.5 Å². The minimum absolute atomic E-state index is 0.0236. The maximum Gasteiger partial charge on any atom is 0.254 e. The van der Waals surface area contributed by atoms with E-state index in [4.69, 9.17) is 14.2 Å². The highest BCUT2D eigenvalue weighted by molar-refractivity contribution is 5.95. The van der Waals surface area contributed by atoms with Crippen molar-refractivity contribution in [3.05, 3.63) is 48.3 Å². The van der Waals surface area contributed by atoms with Gasteiger partial charge in [-0.15, -0.1) is 0 Å². The topological polar surface area (TPSA) is 85.3 Å². The first-order valence-corrected chi connectivity index (χ1v) is 15.4. The van der Waals surface area contributed by atoms with Crippen molar-refractivity contribution >= 4 is 11.8 Å². The molecule has 1 N–H and O–H groups in total. The number of nitrogens with one attached hydrogen (secondary N) is 1. The Balaban J connectivity index is 1.43. The van der Waals surface area contributed by atoms with Crippen LogP contribution in [0, 0.1) is 11.8 Å². The van der Waals surface area contributed by atoms with E-state index in [9.17, 15) is 9.59 Å². The Morgan fingerprint density at radius 3 is 2.33 bits per heavy atom. The molecule has 42 heavy (non-hydrogen) atoms. The van der Waals surface area contributed by atoms with Gasteiger partial charge in [0.25, 0.3) is 5.91 Å². The zero-order valence-electron chi connectivity index (χ0n) is 26.3. The van der Waals surface area contributed by atoms with Crippen LogP contribution >= 0.6 is 0 Å². The number of ether oxygens (including phenoxy) is 3. The third-order valence-electron chi connectivity index (χ3n) is 8.58. The highest BCUT2D eigenvalue weighted by Crippen LogP contribution is 2.33.